The number of aliphatic hydroxyl groups is 1. The molecular formula is C23H30N2O2+2. The smallest absolute Gasteiger partial charge is 0.129 e. The number of ether oxygens (including phenoxy) is 1. The maximum Gasteiger partial charge on any atom is 0.129 e. The molecule has 0 heterocycles. The van der Waals surface area contributed by atoms with Crippen molar-refractivity contribution in [3.05, 3.63) is 77.9 Å². The molecule has 3 aromatic rings. The molecule has 0 aliphatic rings. The summed E-state index contributed by atoms with van der Waals surface area (Å²) in [6.45, 7) is 6.05. The van der Waals surface area contributed by atoms with Gasteiger partial charge in [-0.3, -0.25) is 0 Å². The molecule has 3 aromatic carbocycles. The fraction of sp³-hybridized carbons (Fsp3) is 0.304. The Hall–Kier alpha value is -2.40. The Kier molecular flexibility index (Phi) is 7.22. The molecule has 4 nitrogen and oxygen atoms in total. The van der Waals surface area contributed by atoms with Crippen molar-refractivity contribution >= 4 is 10.8 Å². The van der Waals surface area contributed by atoms with Gasteiger partial charge in [0.25, 0.3) is 0 Å². The summed E-state index contributed by atoms with van der Waals surface area (Å²) in [6.07, 6.45) is -0.249. The van der Waals surface area contributed by atoms with Crippen molar-refractivity contribution in [2.75, 3.05) is 19.6 Å². The lowest BCUT2D eigenvalue weighted by atomic mass is 10.0. The summed E-state index contributed by atoms with van der Waals surface area (Å²) in [5.74, 6) is 0.960. The zero-order chi connectivity index (χ0) is 18.9. The highest BCUT2D eigenvalue weighted by Crippen LogP contribution is 2.28. The molecule has 0 unspecified atom stereocenters. The molecule has 0 aliphatic carbocycles. The molecule has 0 amide bonds. The van der Waals surface area contributed by atoms with E-state index in [0.717, 1.165) is 31.9 Å². The predicted octanol–water partition coefficient (Wildman–Crippen LogP) is 1.43. The van der Waals surface area contributed by atoms with Crippen LogP contribution in [0, 0.1) is 0 Å². The van der Waals surface area contributed by atoms with Gasteiger partial charge in [0, 0.05) is 0 Å². The van der Waals surface area contributed by atoms with Gasteiger partial charge in [0.05, 0.1) is 11.7 Å². The maximum absolute atomic E-state index is 9.34. The third-order valence-electron chi connectivity index (χ3n) is 4.67. The Morgan fingerprint density at radius 2 is 1.63 bits per heavy atom. The first-order valence-electron chi connectivity index (χ1n) is 9.73. The van der Waals surface area contributed by atoms with Crippen LogP contribution in [0.2, 0.25) is 0 Å². The zero-order valence-corrected chi connectivity index (χ0v) is 16.0. The Bertz CT molecular complexity index is 834. The fourth-order valence-corrected chi connectivity index (χ4v) is 3.24. The summed E-state index contributed by atoms with van der Waals surface area (Å²) in [4.78, 5) is 0. The van der Waals surface area contributed by atoms with Gasteiger partial charge in [0.2, 0.25) is 0 Å². The van der Waals surface area contributed by atoms with Crippen LogP contribution >= 0.6 is 0 Å². The lowest BCUT2D eigenvalue weighted by Gasteiger charge is -2.14. The molecule has 0 fully saturated rings. The summed E-state index contributed by atoms with van der Waals surface area (Å²) in [7, 11) is 0. The summed E-state index contributed by atoms with van der Waals surface area (Å²) >= 11 is 0. The predicted molar refractivity (Wildman–Crippen MR) is 109 cm³/mol. The Morgan fingerprint density at radius 1 is 0.889 bits per heavy atom. The normalized spacial score (nSPS) is 12.2. The van der Waals surface area contributed by atoms with Crippen molar-refractivity contribution in [2.45, 2.75) is 26.2 Å². The average Bonchev–Trinajstić information content (AvgIpc) is 2.70. The van der Waals surface area contributed by atoms with E-state index in [1.165, 1.54) is 21.9 Å². The van der Waals surface area contributed by atoms with Gasteiger partial charge in [0.1, 0.15) is 38.5 Å². The highest BCUT2D eigenvalue weighted by molar-refractivity contribution is 5.87. The van der Waals surface area contributed by atoms with Crippen LogP contribution < -0.4 is 15.4 Å². The van der Waals surface area contributed by atoms with Crippen molar-refractivity contribution in [3.63, 3.8) is 0 Å². The molecular weight excluding hydrogens is 336 g/mol. The van der Waals surface area contributed by atoms with Gasteiger partial charge in [-0.2, -0.15) is 0 Å². The molecule has 0 aromatic heterocycles. The first-order valence-corrected chi connectivity index (χ1v) is 9.73. The highest BCUT2D eigenvalue weighted by Gasteiger charge is 2.11. The number of hydrogen-bond donors (Lipinski definition) is 3. The van der Waals surface area contributed by atoms with Gasteiger partial charge < -0.3 is 20.5 Å². The largest absolute Gasteiger partial charge is 0.488 e. The van der Waals surface area contributed by atoms with Gasteiger partial charge in [-0.15, -0.1) is 0 Å². The molecule has 0 saturated heterocycles. The molecule has 4 heteroatoms. The third kappa shape index (κ3) is 5.79. The highest BCUT2D eigenvalue weighted by atomic mass is 16.5. The summed E-state index contributed by atoms with van der Waals surface area (Å²) in [5.41, 5.74) is 2.42. The Labute approximate surface area is 161 Å². The van der Waals surface area contributed by atoms with Crippen molar-refractivity contribution in [2.24, 2.45) is 0 Å². The van der Waals surface area contributed by atoms with Crippen LogP contribution in [0.1, 0.15) is 18.1 Å². The number of quaternary nitrogens is 2. The van der Waals surface area contributed by atoms with Gasteiger partial charge in [0.15, 0.2) is 0 Å². The SMILES string of the molecule is C[C@H](O)C[NH2+]CC[NH2+]Cc1c(OCc2ccccc2)ccc2ccccc12. The van der Waals surface area contributed by atoms with Crippen LogP contribution in [0.3, 0.4) is 0 Å². The number of hydrogen-bond acceptors (Lipinski definition) is 2. The molecule has 1 atom stereocenters. The molecule has 0 spiro atoms. The van der Waals surface area contributed by atoms with Gasteiger partial charge >= 0.3 is 0 Å². The van der Waals surface area contributed by atoms with E-state index in [2.05, 4.69) is 59.2 Å². The first-order chi connectivity index (χ1) is 13.2. The van der Waals surface area contributed by atoms with E-state index in [9.17, 15) is 5.11 Å². The fourth-order valence-electron chi connectivity index (χ4n) is 3.24. The number of fused-ring (bicyclic) bond motifs is 1. The minimum absolute atomic E-state index is 0.249. The first kappa shape index (κ1) is 19.4. The van der Waals surface area contributed by atoms with E-state index in [4.69, 9.17) is 4.74 Å². The second-order valence-corrected chi connectivity index (χ2v) is 6.98. The van der Waals surface area contributed by atoms with E-state index < -0.39 is 0 Å². The van der Waals surface area contributed by atoms with E-state index in [-0.39, 0.29) is 6.10 Å². The molecule has 0 aliphatic heterocycles. The zero-order valence-electron chi connectivity index (χ0n) is 16.0. The van der Waals surface area contributed by atoms with Gasteiger partial charge in [-0.1, -0.05) is 60.7 Å². The monoisotopic (exact) mass is 366 g/mol. The quantitative estimate of drug-likeness (QED) is 0.475. The van der Waals surface area contributed by atoms with Crippen molar-refractivity contribution in [3.8, 4) is 5.75 Å². The number of benzene rings is 3. The van der Waals surface area contributed by atoms with Gasteiger partial charge in [-0.05, 0) is 29.3 Å². The molecule has 3 rings (SSSR count). The average molecular weight is 367 g/mol. The number of aliphatic hydroxyl groups excluding tert-OH is 1. The lowest BCUT2D eigenvalue weighted by molar-refractivity contribution is -0.733. The van der Waals surface area contributed by atoms with Crippen molar-refractivity contribution in [1.82, 2.24) is 0 Å². The standard InChI is InChI=1S/C23H28N2O2/c1-18(26)15-24-13-14-25-16-22-21-10-6-5-9-20(21)11-12-23(22)27-17-19-7-3-2-4-8-19/h2-12,18,24-26H,13-17H2,1H3/p+2/t18-/m0/s1. The number of nitrogens with two attached hydrogens (primary N) is 2. The Morgan fingerprint density at radius 3 is 2.44 bits per heavy atom. The molecule has 142 valence electrons. The molecule has 5 N–H and O–H groups in total. The van der Waals surface area contributed by atoms with E-state index in [0.29, 0.717) is 6.61 Å². The Balaban J connectivity index is 1.68. The molecule has 0 saturated carbocycles. The van der Waals surface area contributed by atoms with E-state index >= 15 is 0 Å². The minimum Gasteiger partial charge on any atom is -0.488 e. The van der Waals surface area contributed by atoms with Crippen molar-refractivity contribution in [1.29, 1.82) is 0 Å². The van der Waals surface area contributed by atoms with E-state index in [1.54, 1.807) is 0 Å². The third-order valence-corrected chi connectivity index (χ3v) is 4.67. The van der Waals surface area contributed by atoms with Crippen LogP contribution in [0.5, 0.6) is 5.75 Å². The second kappa shape index (κ2) is 10.1. The minimum atomic E-state index is -0.249. The van der Waals surface area contributed by atoms with E-state index in [1.807, 2.05) is 25.1 Å². The second-order valence-electron chi connectivity index (χ2n) is 6.98. The topological polar surface area (TPSA) is 62.7 Å². The van der Waals surface area contributed by atoms with Crippen LogP contribution in [-0.4, -0.2) is 30.8 Å². The summed E-state index contributed by atoms with van der Waals surface area (Å²) in [5, 5.41) is 16.3. The molecule has 0 bridgehead atoms. The van der Waals surface area contributed by atoms with Crippen molar-refractivity contribution < 1.29 is 20.5 Å². The number of rotatable bonds is 10. The van der Waals surface area contributed by atoms with Crippen LogP contribution in [-0.2, 0) is 13.2 Å². The lowest BCUT2D eigenvalue weighted by Crippen LogP contribution is -2.95. The van der Waals surface area contributed by atoms with Crippen LogP contribution in [0.4, 0.5) is 0 Å². The summed E-state index contributed by atoms with van der Waals surface area (Å²) < 4.78 is 6.18. The molecule has 0 radical (unpaired) electrons. The van der Waals surface area contributed by atoms with Crippen LogP contribution in [0.15, 0.2) is 66.7 Å². The maximum atomic E-state index is 9.34. The van der Waals surface area contributed by atoms with Gasteiger partial charge in [-0.25, -0.2) is 0 Å². The summed E-state index contributed by atoms with van der Waals surface area (Å²) in [6, 6.07) is 23.0. The van der Waals surface area contributed by atoms with Crippen LogP contribution in [0.25, 0.3) is 10.8 Å². The molecule has 27 heavy (non-hydrogen) atoms.